The van der Waals surface area contributed by atoms with E-state index in [0.29, 0.717) is 22.4 Å². The van der Waals surface area contributed by atoms with Gasteiger partial charge in [-0.2, -0.15) is 28.2 Å². The number of benzene rings is 1. The van der Waals surface area contributed by atoms with E-state index in [-0.39, 0.29) is 46.4 Å². The first-order valence-corrected chi connectivity index (χ1v) is 14.6. The Balaban J connectivity index is 0.000000755. The number of aliphatic carboxylic acids is 2. The van der Waals surface area contributed by atoms with Crippen LogP contribution in [0, 0.1) is 15.9 Å². The number of nitrogens with zero attached hydrogens (tertiary/aromatic N) is 7. The third kappa shape index (κ3) is 9.76. The lowest BCUT2D eigenvalue weighted by molar-refractivity contribution is -0.380. The molecule has 5 aromatic rings. The summed E-state index contributed by atoms with van der Waals surface area (Å²) in [5, 5.41) is 38.2. The summed E-state index contributed by atoms with van der Waals surface area (Å²) in [7, 11) is 0. The topological polar surface area (TPSA) is 270 Å². The number of esters is 1. The van der Waals surface area contributed by atoms with E-state index in [4.69, 9.17) is 30.2 Å². The van der Waals surface area contributed by atoms with Gasteiger partial charge in [0.1, 0.15) is 30.9 Å². The molecule has 1 atom stereocenters. The van der Waals surface area contributed by atoms with Gasteiger partial charge in [-0.05, 0) is 30.3 Å². The van der Waals surface area contributed by atoms with Crippen LogP contribution in [0.1, 0.15) is 16.1 Å². The lowest BCUT2D eigenvalue weighted by Gasteiger charge is -2.09. The predicted octanol–water partition coefficient (Wildman–Crippen LogP) is 2.72. The number of amides is 1. The largest absolute Gasteiger partial charge is 0.490 e. The number of carbonyl (C=O) groups excluding carboxylic acids is 2. The van der Waals surface area contributed by atoms with Crippen LogP contribution in [0.25, 0.3) is 22.7 Å². The second-order valence-electron chi connectivity index (χ2n) is 9.61. The van der Waals surface area contributed by atoms with Crippen LogP contribution in [0.15, 0.2) is 54.9 Å². The average molecular weight is 740 g/mol. The Labute approximate surface area is 284 Å². The fourth-order valence-corrected chi connectivity index (χ4v) is 4.42. The lowest BCUT2D eigenvalue weighted by Crippen LogP contribution is -2.33. The summed E-state index contributed by atoms with van der Waals surface area (Å²) in [5.41, 5.74) is 5.98. The molecule has 0 spiro atoms. The maximum atomic E-state index is 13.6. The van der Waals surface area contributed by atoms with Gasteiger partial charge in [-0.3, -0.25) is 24.5 Å². The molecule has 0 saturated heterocycles. The molecule has 4 aromatic heterocycles. The van der Waals surface area contributed by atoms with Gasteiger partial charge >= 0.3 is 29.1 Å². The number of nitro groups is 1. The molecule has 0 radical (unpaired) electrons. The number of rotatable bonds is 12. The van der Waals surface area contributed by atoms with Crippen molar-refractivity contribution in [2.45, 2.75) is 18.6 Å². The van der Waals surface area contributed by atoms with Gasteiger partial charge in [0.15, 0.2) is 5.65 Å². The van der Waals surface area contributed by atoms with Crippen molar-refractivity contribution in [3.8, 4) is 17.5 Å². The van der Waals surface area contributed by atoms with Gasteiger partial charge in [-0.25, -0.2) is 18.5 Å². The second kappa shape index (κ2) is 15.8. The Hall–Kier alpha value is -6.56. The van der Waals surface area contributed by atoms with Gasteiger partial charge in [0, 0.05) is 18.3 Å². The number of hydrogen-bond acceptors (Lipinski definition) is 14. The van der Waals surface area contributed by atoms with E-state index < -0.39 is 53.2 Å². The smallest absolute Gasteiger partial charge is 0.480 e. The third-order valence-corrected chi connectivity index (χ3v) is 7.06. The zero-order valence-electron chi connectivity index (χ0n) is 25.2. The number of anilines is 1. The number of halogens is 4. The number of fused-ring (bicyclic) bond motifs is 1. The molecule has 0 unspecified atom stereocenters. The van der Waals surface area contributed by atoms with Crippen LogP contribution in [-0.2, 0) is 19.1 Å². The van der Waals surface area contributed by atoms with Gasteiger partial charge < -0.3 is 30.7 Å². The minimum absolute atomic E-state index is 0.0175. The molecule has 0 aliphatic carbocycles. The third-order valence-electron chi connectivity index (χ3n) is 6.03. The number of carbonyl (C=O) groups is 4. The normalized spacial score (nSPS) is 11.6. The van der Waals surface area contributed by atoms with Gasteiger partial charge in [0.2, 0.25) is 5.88 Å². The first-order valence-electron chi connectivity index (χ1n) is 13.7. The Kier molecular flexibility index (Phi) is 11.5. The fraction of sp³-hybridized carbons (Fsp3) is 0.185. The van der Waals surface area contributed by atoms with E-state index in [0.717, 1.165) is 0 Å². The van der Waals surface area contributed by atoms with E-state index in [1.165, 1.54) is 64.2 Å². The lowest BCUT2D eigenvalue weighted by atomic mass is 10.2. The van der Waals surface area contributed by atoms with Crippen molar-refractivity contribution < 1.29 is 61.3 Å². The first-order chi connectivity index (χ1) is 24.0. The predicted molar refractivity (Wildman–Crippen MR) is 163 cm³/mol. The summed E-state index contributed by atoms with van der Waals surface area (Å²) in [5.74, 6) is -5.93. The van der Waals surface area contributed by atoms with Gasteiger partial charge in [-0.1, -0.05) is 11.3 Å². The molecule has 0 saturated carbocycles. The molecule has 1 aromatic carbocycles. The van der Waals surface area contributed by atoms with Crippen molar-refractivity contribution in [2.75, 3.05) is 18.5 Å². The molecule has 0 aliphatic heterocycles. The Morgan fingerprint density at radius 1 is 1.06 bits per heavy atom. The number of alkyl halides is 3. The summed E-state index contributed by atoms with van der Waals surface area (Å²) >= 11 is 0.688. The molecule has 19 nitrogen and oxygen atoms in total. The zero-order valence-corrected chi connectivity index (χ0v) is 26.0. The minimum atomic E-state index is -5.08. The highest BCUT2D eigenvalue weighted by molar-refractivity contribution is 7.17. The fourth-order valence-electron chi connectivity index (χ4n) is 3.71. The molecule has 1 amide bonds. The molecular formula is C27H21F4N9O10S. The van der Waals surface area contributed by atoms with Gasteiger partial charge in [0.05, 0.1) is 33.5 Å². The number of thiophene rings is 1. The van der Waals surface area contributed by atoms with Crippen LogP contribution in [0.4, 0.5) is 28.4 Å². The summed E-state index contributed by atoms with van der Waals surface area (Å²) in [6.45, 7) is -0.315. The Morgan fingerprint density at radius 3 is 2.35 bits per heavy atom. The van der Waals surface area contributed by atoms with E-state index >= 15 is 0 Å². The van der Waals surface area contributed by atoms with E-state index in [9.17, 15) is 42.1 Å². The molecule has 5 rings (SSSR count). The zero-order chi connectivity index (χ0) is 37.5. The van der Waals surface area contributed by atoms with Crippen molar-refractivity contribution in [3.63, 3.8) is 0 Å². The van der Waals surface area contributed by atoms with Gasteiger partial charge in [-0.15, -0.1) is 5.10 Å². The van der Waals surface area contributed by atoms with Crippen molar-refractivity contribution in [1.82, 2.24) is 29.5 Å². The van der Waals surface area contributed by atoms with Crippen LogP contribution in [0.2, 0.25) is 0 Å². The number of ether oxygens (including phenoxy) is 2. The van der Waals surface area contributed by atoms with Crippen LogP contribution < -0.4 is 15.8 Å². The van der Waals surface area contributed by atoms with Crippen LogP contribution in [0.3, 0.4) is 0 Å². The minimum Gasteiger partial charge on any atom is -0.480 e. The average Bonchev–Trinajstić information content (AvgIpc) is 3.84. The quantitative estimate of drug-likeness (QED) is 0.0471. The number of carboxylic acid groups (broad SMARTS) is 2. The standard InChI is InChI=1S/C25H20FN9O8S.C2HF3O2/c26-13-1-3-14(4-2-13)34-22-15(12-28-34)21(29-23(37)17-5-6-19(44-17)35(40)41)30-25(31-22)33-8-7-18(32-33)42-9-10-43-20(36)11-16(27)24(38)39;3-2(4,5)1(6)7/h1-8,12,16H,9-11,27H2,(H,38,39)(H,29,30,31,37);(H,6,7)/t16-;/m0./s1. The Bertz CT molecular complexity index is 2080. The maximum absolute atomic E-state index is 13.6. The number of aromatic nitrogens is 6. The first kappa shape index (κ1) is 37.3. The number of nitrogens with one attached hydrogen (secondary N) is 1. The molecule has 51 heavy (non-hydrogen) atoms. The number of carboxylic acids is 2. The van der Waals surface area contributed by atoms with Crippen molar-refractivity contribution in [3.05, 3.63) is 75.7 Å². The van der Waals surface area contributed by atoms with Crippen LogP contribution in [-0.4, -0.2) is 93.9 Å². The Morgan fingerprint density at radius 2 is 1.75 bits per heavy atom. The SMILES string of the molecule is N[C@@H](CC(=O)OCCOc1ccn(-c2nc(NC(=O)c3ccc([N+](=O)[O-])s3)c3cnn(-c4ccc(F)cc4)c3n2)n1)C(=O)O.O=C(O)C(F)(F)F. The molecule has 0 aliphatic rings. The van der Waals surface area contributed by atoms with Crippen LogP contribution in [0.5, 0.6) is 5.88 Å². The van der Waals surface area contributed by atoms with Gasteiger partial charge in [0.25, 0.3) is 11.9 Å². The monoisotopic (exact) mass is 739 g/mol. The van der Waals surface area contributed by atoms with Crippen LogP contribution >= 0.6 is 11.3 Å². The molecular weight excluding hydrogens is 718 g/mol. The van der Waals surface area contributed by atoms with Crippen molar-refractivity contribution in [1.29, 1.82) is 0 Å². The number of nitrogens with two attached hydrogens (primary N) is 1. The molecule has 4 heterocycles. The maximum Gasteiger partial charge on any atom is 0.490 e. The number of hydrogen-bond donors (Lipinski definition) is 4. The summed E-state index contributed by atoms with van der Waals surface area (Å²) in [4.78, 5) is 63.8. The second-order valence-corrected chi connectivity index (χ2v) is 10.7. The molecule has 0 fully saturated rings. The van der Waals surface area contributed by atoms with E-state index in [2.05, 4.69) is 25.5 Å². The molecule has 0 bridgehead atoms. The molecule has 268 valence electrons. The van der Waals surface area contributed by atoms with E-state index in [1.54, 1.807) is 0 Å². The highest BCUT2D eigenvalue weighted by atomic mass is 32.1. The van der Waals surface area contributed by atoms with Crippen molar-refractivity contribution >= 4 is 57.0 Å². The van der Waals surface area contributed by atoms with E-state index in [1.807, 2.05) is 0 Å². The molecule has 5 N–H and O–H groups in total. The summed E-state index contributed by atoms with van der Waals surface area (Å²) in [6.07, 6.45) is -2.72. The summed E-state index contributed by atoms with van der Waals surface area (Å²) < 4.78 is 58.3. The highest BCUT2D eigenvalue weighted by Gasteiger charge is 2.38. The molecule has 24 heteroatoms. The van der Waals surface area contributed by atoms with Crippen molar-refractivity contribution in [2.24, 2.45) is 5.73 Å². The highest BCUT2D eigenvalue weighted by Crippen LogP contribution is 2.28. The summed E-state index contributed by atoms with van der Waals surface area (Å²) in [6, 6.07) is 8.06.